The summed E-state index contributed by atoms with van der Waals surface area (Å²) in [6, 6.07) is 8.86. The van der Waals surface area contributed by atoms with E-state index >= 15 is 0 Å². The molecule has 2 N–H and O–H groups in total. The fourth-order valence-electron chi connectivity index (χ4n) is 2.72. The number of hydrogen-bond acceptors (Lipinski definition) is 5. The van der Waals surface area contributed by atoms with Gasteiger partial charge in [0, 0.05) is 10.8 Å². The molecule has 0 amide bonds. The second kappa shape index (κ2) is 5.18. The van der Waals surface area contributed by atoms with Crippen LogP contribution in [0.4, 0.5) is 0 Å². The number of phenolic OH excluding ortho intramolecular Hbond substituents is 2. The van der Waals surface area contributed by atoms with Gasteiger partial charge in [0.25, 0.3) is 0 Å². The van der Waals surface area contributed by atoms with Gasteiger partial charge in [-0.3, -0.25) is 0 Å². The molecule has 0 radical (unpaired) electrons. The van der Waals surface area contributed by atoms with Crippen LogP contribution in [0.5, 0.6) is 28.7 Å². The second-order valence-corrected chi connectivity index (χ2v) is 4.84. The Morgan fingerprint density at radius 2 is 1.41 bits per heavy atom. The minimum atomic E-state index is -0.0692. The van der Waals surface area contributed by atoms with Crippen LogP contribution in [0.3, 0.4) is 0 Å². The average molecular weight is 300 g/mol. The summed E-state index contributed by atoms with van der Waals surface area (Å²) < 4.78 is 15.7. The Balaban J connectivity index is 2.50. The normalized spacial score (nSPS) is 10.9. The maximum Gasteiger partial charge on any atom is 0.201 e. The van der Waals surface area contributed by atoms with Crippen molar-refractivity contribution in [1.29, 1.82) is 0 Å². The summed E-state index contributed by atoms with van der Waals surface area (Å²) in [5.74, 6) is 1.02. The van der Waals surface area contributed by atoms with Crippen molar-refractivity contribution in [3.63, 3.8) is 0 Å². The van der Waals surface area contributed by atoms with Gasteiger partial charge in [-0.1, -0.05) is 6.07 Å². The zero-order valence-electron chi connectivity index (χ0n) is 12.5. The molecule has 0 unspecified atom stereocenters. The summed E-state index contributed by atoms with van der Waals surface area (Å²) in [4.78, 5) is 0. The first-order valence-corrected chi connectivity index (χ1v) is 6.68. The van der Waals surface area contributed by atoms with Gasteiger partial charge in [0.1, 0.15) is 0 Å². The van der Waals surface area contributed by atoms with Gasteiger partial charge in [-0.05, 0) is 35.0 Å². The first-order valence-electron chi connectivity index (χ1n) is 6.68. The van der Waals surface area contributed by atoms with E-state index in [2.05, 4.69) is 0 Å². The molecule has 0 saturated heterocycles. The number of methoxy groups -OCH3 is 3. The van der Waals surface area contributed by atoms with Crippen LogP contribution >= 0.6 is 0 Å². The highest BCUT2D eigenvalue weighted by Gasteiger charge is 2.18. The van der Waals surface area contributed by atoms with Crippen molar-refractivity contribution in [2.24, 2.45) is 0 Å². The maximum atomic E-state index is 10.3. The topological polar surface area (TPSA) is 68.2 Å². The molecular weight excluding hydrogens is 284 g/mol. The molecule has 0 fully saturated rings. The zero-order valence-corrected chi connectivity index (χ0v) is 12.5. The standard InChI is InChI=1S/C17H16O5/c1-20-12-7-6-10-11(15(12)18)5-4-9-8-13(21-2)16(19)17(22-3)14(9)10/h4-8,18-19H,1-3H3. The molecule has 3 aromatic rings. The first-order chi connectivity index (χ1) is 10.6. The average Bonchev–Trinajstić information content (AvgIpc) is 2.54. The van der Waals surface area contributed by atoms with Gasteiger partial charge in [-0.25, -0.2) is 0 Å². The minimum absolute atomic E-state index is 0.0549. The largest absolute Gasteiger partial charge is 0.504 e. The summed E-state index contributed by atoms with van der Waals surface area (Å²) in [5, 5.41) is 23.5. The summed E-state index contributed by atoms with van der Waals surface area (Å²) >= 11 is 0. The van der Waals surface area contributed by atoms with Crippen molar-refractivity contribution < 1.29 is 24.4 Å². The van der Waals surface area contributed by atoms with E-state index in [1.807, 2.05) is 12.1 Å². The molecule has 5 nitrogen and oxygen atoms in total. The number of benzene rings is 3. The van der Waals surface area contributed by atoms with Crippen molar-refractivity contribution >= 4 is 21.5 Å². The van der Waals surface area contributed by atoms with Crippen molar-refractivity contribution in [2.75, 3.05) is 21.3 Å². The predicted molar refractivity (Wildman–Crippen MR) is 84.4 cm³/mol. The van der Waals surface area contributed by atoms with Crippen LogP contribution < -0.4 is 14.2 Å². The minimum Gasteiger partial charge on any atom is -0.504 e. The van der Waals surface area contributed by atoms with E-state index in [-0.39, 0.29) is 11.5 Å². The molecule has 0 spiro atoms. The number of hydrogen-bond donors (Lipinski definition) is 2. The van der Waals surface area contributed by atoms with Crippen molar-refractivity contribution in [2.45, 2.75) is 0 Å². The van der Waals surface area contributed by atoms with Gasteiger partial charge in [-0.15, -0.1) is 0 Å². The lowest BCUT2D eigenvalue weighted by Gasteiger charge is -2.15. The van der Waals surface area contributed by atoms with E-state index in [4.69, 9.17) is 14.2 Å². The van der Waals surface area contributed by atoms with Gasteiger partial charge >= 0.3 is 0 Å². The molecule has 0 aliphatic rings. The van der Waals surface area contributed by atoms with Gasteiger partial charge in [0.2, 0.25) is 5.75 Å². The second-order valence-electron chi connectivity index (χ2n) is 4.84. The lowest BCUT2D eigenvalue weighted by atomic mass is 9.99. The van der Waals surface area contributed by atoms with E-state index in [0.29, 0.717) is 28.0 Å². The molecule has 0 bridgehead atoms. The number of ether oxygens (including phenoxy) is 3. The lowest BCUT2D eigenvalue weighted by molar-refractivity contribution is 0.343. The summed E-state index contributed by atoms with van der Waals surface area (Å²) in [7, 11) is 4.47. The smallest absolute Gasteiger partial charge is 0.201 e. The van der Waals surface area contributed by atoms with Gasteiger partial charge in [0.05, 0.1) is 21.3 Å². The zero-order chi connectivity index (χ0) is 15.9. The molecule has 0 atom stereocenters. The van der Waals surface area contributed by atoms with Crippen LogP contribution in [-0.2, 0) is 0 Å². The number of rotatable bonds is 3. The van der Waals surface area contributed by atoms with Crippen molar-refractivity contribution in [1.82, 2.24) is 0 Å². The Hall–Kier alpha value is -2.82. The van der Waals surface area contributed by atoms with Crippen LogP contribution in [0.25, 0.3) is 21.5 Å². The Kier molecular flexibility index (Phi) is 3.33. The van der Waals surface area contributed by atoms with E-state index in [1.165, 1.54) is 21.3 Å². The summed E-state index contributed by atoms with van der Waals surface area (Å²) in [6.07, 6.45) is 0. The number of aromatic hydroxyl groups is 2. The van der Waals surface area contributed by atoms with Crippen molar-refractivity contribution in [3.8, 4) is 28.7 Å². The highest BCUT2D eigenvalue weighted by molar-refractivity contribution is 6.14. The SMILES string of the molecule is COc1cc2ccc3c(O)c(OC)ccc3c2c(OC)c1O. The molecule has 22 heavy (non-hydrogen) atoms. The Morgan fingerprint density at radius 1 is 0.727 bits per heavy atom. The molecular formula is C17H16O5. The monoisotopic (exact) mass is 300 g/mol. The summed E-state index contributed by atoms with van der Waals surface area (Å²) in [5.41, 5.74) is 0. The van der Waals surface area contributed by atoms with Gasteiger partial charge in [-0.2, -0.15) is 0 Å². The molecule has 0 aliphatic heterocycles. The first kappa shape index (κ1) is 14.1. The Morgan fingerprint density at radius 3 is 2.05 bits per heavy atom. The highest BCUT2D eigenvalue weighted by Crippen LogP contribution is 2.47. The predicted octanol–water partition coefficient (Wildman–Crippen LogP) is 3.43. The molecule has 3 aromatic carbocycles. The third-order valence-electron chi connectivity index (χ3n) is 3.77. The number of phenols is 2. The van der Waals surface area contributed by atoms with Gasteiger partial charge < -0.3 is 24.4 Å². The number of fused-ring (bicyclic) bond motifs is 3. The van der Waals surface area contributed by atoms with Crippen LogP contribution in [0.15, 0.2) is 30.3 Å². The van der Waals surface area contributed by atoms with E-state index in [9.17, 15) is 10.2 Å². The third kappa shape index (κ3) is 1.86. The van der Waals surface area contributed by atoms with E-state index in [0.717, 1.165) is 10.8 Å². The quantitative estimate of drug-likeness (QED) is 0.725. The molecule has 0 heterocycles. The lowest BCUT2D eigenvalue weighted by Crippen LogP contribution is -1.92. The Bertz CT molecular complexity index is 870. The van der Waals surface area contributed by atoms with Crippen LogP contribution in [0.1, 0.15) is 0 Å². The molecule has 0 saturated carbocycles. The third-order valence-corrected chi connectivity index (χ3v) is 3.77. The fourth-order valence-corrected chi connectivity index (χ4v) is 2.72. The maximum absolute atomic E-state index is 10.3. The Labute approximate surface area is 127 Å². The molecule has 5 heteroatoms. The molecule has 0 aromatic heterocycles. The van der Waals surface area contributed by atoms with E-state index in [1.54, 1.807) is 18.2 Å². The van der Waals surface area contributed by atoms with Crippen LogP contribution in [0.2, 0.25) is 0 Å². The van der Waals surface area contributed by atoms with Gasteiger partial charge in [0.15, 0.2) is 23.0 Å². The highest BCUT2D eigenvalue weighted by atomic mass is 16.5. The van der Waals surface area contributed by atoms with Crippen LogP contribution in [-0.4, -0.2) is 31.5 Å². The van der Waals surface area contributed by atoms with Crippen molar-refractivity contribution in [3.05, 3.63) is 30.3 Å². The van der Waals surface area contributed by atoms with E-state index < -0.39 is 0 Å². The molecule has 114 valence electrons. The fraction of sp³-hybridized carbons (Fsp3) is 0.176. The summed E-state index contributed by atoms with van der Waals surface area (Å²) in [6.45, 7) is 0. The van der Waals surface area contributed by atoms with Crippen LogP contribution in [0, 0.1) is 0 Å². The molecule has 0 aliphatic carbocycles. The molecule has 3 rings (SSSR count).